The number of hydrogen-bond acceptors (Lipinski definition) is 2. The van der Waals surface area contributed by atoms with Gasteiger partial charge in [-0.05, 0) is 18.4 Å². The maximum Gasteiger partial charge on any atom is 0.434 e. The van der Waals surface area contributed by atoms with Gasteiger partial charge in [-0.1, -0.05) is 0 Å². The van der Waals surface area contributed by atoms with Crippen molar-refractivity contribution in [2.45, 2.75) is 11.1 Å². The van der Waals surface area contributed by atoms with Crippen LogP contribution < -0.4 is 0 Å². The number of nitrogens with zero attached hydrogens (tertiary/aromatic N) is 1. The first-order valence-electron chi connectivity index (χ1n) is 3.12. The highest BCUT2D eigenvalue weighted by atomic mass is 32.2. The zero-order valence-electron chi connectivity index (χ0n) is 6.22. The molecule has 0 saturated heterocycles. The Kier molecular flexibility index (Phi) is 2.62. The highest BCUT2D eigenvalue weighted by Crippen LogP contribution is 2.33. The molecule has 12 heavy (non-hydrogen) atoms. The normalized spacial score (nSPS) is 11.7. The maximum atomic E-state index is 12.2. The highest BCUT2D eigenvalue weighted by molar-refractivity contribution is 7.98. The van der Waals surface area contributed by atoms with Crippen molar-refractivity contribution in [2.75, 3.05) is 6.26 Å². The van der Waals surface area contributed by atoms with E-state index in [0.717, 1.165) is 18.0 Å². The molecule has 66 valence electrons. The zero-order chi connectivity index (χ0) is 9.19. The van der Waals surface area contributed by atoms with Crippen molar-refractivity contribution < 1.29 is 13.2 Å². The van der Waals surface area contributed by atoms with Gasteiger partial charge in [0.15, 0.2) is 5.69 Å². The molecule has 0 atom stereocenters. The number of thioether (sulfide) groups is 1. The van der Waals surface area contributed by atoms with Crippen molar-refractivity contribution in [2.24, 2.45) is 0 Å². The molecule has 0 aliphatic carbocycles. The van der Waals surface area contributed by atoms with E-state index < -0.39 is 11.9 Å². The second-order valence-corrected chi connectivity index (χ2v) is 2.90. The van der Waals surface area contributed by atoms with E-state index in [9.17, 15) is 13.2 Å². The second kappa shape index (κ2) is 3.35. The number of hydrogen-bond donors (Lipinski definition) is 0. The monoisotopic (exact) mass is 193 g/mol. The molecule has 0 N–H and O–H groups in total. The lowest BCUT2D eigenvalue weighted by molar-refractivity contribution is -0.143. The molecule has 1 rings (SSSR count). The van der Waals surface area contributed by atoms with Gasteiger partial charge in [0, 0.05) is 11.1 Å². The van der Waals surface area contributed by atoms with Crippen LogP contribution in [0.3, 0.4) is 0 Å². The molecular weight excluding hydrogens is 187 g/mol. The summed E-state index contributed by atoms with van der Waals surface area (Å²) in [4.78, 5) is 3.43. The van der Waals surface area contributed by atoms with E-state index in [2.05, 4.69) is 4.98 Å². The molecule has 0 bridgehead atoms. The van der Waals surface area contributed by atoms with Gasteiger partial charge in [0.1, 0.15) is 0 Å². The minimum absolute atomic E-state index is 0.157. The minimum atomic E-state index is -4.35. The van der Waals surface area contributed by atoms with Crippen molar-refractivity contribution in [3.8, 4) is 0 Å². The number of rotatable bonds is 1. The average Bonchev–Trinajstić information content (AvgIpc) is 2.03. The molecule has 1 aromatic heterocycles. The number of alkyl halides is 3. The van der Waals surface area contributed by atoms with Gasteiger partial charge >= 0.3 is 6.18 Å². The van der Waals surface area contributed by atoms with Crippen molar-refractivity contribution >= 4 is 11.8 Å². The van der Waals surface area contributed by atoms with Crippen molar-refractivity contribution in [3.63, 3.8) is 0 Å². The molecular formula is C7H6F3NS. The van der Waals surface area contributed by atoms with E-state index in [0.29, 0.717) is 0 Å². The largest absolute Gasteiger partial charge is 0.434 e. The van der Waals surface area contributed by atoms with Crippen LogP contribution in [0.25, 0.3) is 0 Å². The third-order valence-corrected chi connectivity index (χ3v) is 2.03. The van der Waals surface area contributed by atoms with Gasteiger partial charge in [0.05, 0.1) is 0 Å². The summed E-state index contributed by atoms with van der Waals surface area (Å²) in [6.45, 7) is 0. The van der Waals surface area contributed by atoms with Gasteiger partial charge in [0.25, 0.3) is 0 Å². The summed E-state index contributed by atoms with van der Waals surface area (Å²) in [6.07, 6.45) is -1.62. The fraction of sp³-hybridized carbons (Fsp3) is 0.286. The van der Waals surface area contributed by atoms with Crippen LogP contribution in [0.5, 0.6) is 0 Å². The molecule has 0 aromatic carbocycles. The quantitative estimate of drug-likeness (QED) is 0.636. The standard InChI is InChI=1S/C7H6F3NS/c1-12-5-3-2-4-11-6(5)7(8,9)10/h2-4H,1H3. The molecule has 0 radical (unpaired) electrons. The van der Waals surface area contributed by atoms with E-state index in [1.165, 1.54) is 12.1 Å². The van der Waals surface area contributed by atoms with Gasteiger partial charge in [0.2, 0.25) is 0 Å². The lowest BCUT2D eigenvalue weighted by Gasteiger charge is -2.08. The third-order valence-electron chi connectivity index (χ3n) is 1.26. The first kappa shape index (κ1) is 9.38. The molecule has 0 unspecified atom stereocenters. The number of pyridine rings is 1. The molecule has 1 aromatic rings. The predicted octanol–water partition coefficient (Wildman–Crippen LogP) is 2.82. The zero-order valence-corrected chi connectivity index (χ0v) is 7.04. The summed E-state index contributed by atoms with van der Waals surface area (Å²) in [5, 5.41) is 0. The summed E-state index contributed by atoms with van der Waals surface area (Å²) in [5.74, 6) is 0. The number of aromatic nitrogens is 1. The van der Waals surface area contributed by atoms with Crippen molar-refractivity contribution in [1.29, 1.82) is 0 Å². The van der Waals surface area contributed by atoms with Crippen molar-refractivity contribution in [3.05, 3.63) is 24.0 Å². The Bertz CT molecular complexity index is 272. The number of halogens is 3. The van der Waals surface area contributed by atoms with Crippen LogP contribution in [0.2, 0.25) is 0 Å². The van der Waals surface area contributed by atoms with E-state index >= 15 is 0 Å². The summed E-state index contributed by atoms with van der Waals surface area (Å²) < 4.78 is 36.5. The van der Waals surface area contributed by atoms with Crippen molar-refractivity contribution in [1.82, 2.24) is 4.98 Å². The fourth-order valence-electron chi connectivity index (χ4n) is 0.768. The van der Waals surface area contributed by atoms with Gasteiger partial charge in [-0.3, -0.25) is 4.98 Å². The highest BCUT2D eigenvalue weighted by Gasteiger charge is 2.34. The lowest BCUT2D eigenvalue weighted by atomic mass is 10.3. The lowest BCUT2D eigenvalue weighted by Crippen LogP contribution is -2.08. The topological polar surface area (TPSA) is 12.9 Å². The third kappa shape index (κ3) is 1.91. The first-order valence-corrected chi connectivity index (χ1v) is 4.34. The molecule has 5 heteroatoms. The molecule has 0 fully saturated rings. The maximum absolute atomic E-state index is 12.2. The summed E-state index contributed by atoms with van der Waals surface area (Å²) in [7, 11) is 0. The van der Waals surface area contributed by atoms with Crippen LogP contribution in [-0.2, 0) is 6.18 Å². The van der Waals surface area contributed by atoms with Crippen LogP contribution in [-0.4, -0.2) is 11.2 Å². The molecule has 0 aliphatic heterocycles. The summed E-state index contributed by atoms with van der Waals surface area (Å²) in [6, 6.07) is 2.89. The van der Waals surface area contributed by atoms with Crippen LogP contribution in [0.1, 0.15) is 5.69 Å². The fourth-order valence-corrected chi connectivity index (χ4v) is 1.34. The minimum Gasteiger partial charge on any atom is -0.251 e. The van der Waals surface area contributed by atoms with Gasteiger partial charge in [-0.25, -0.2) is 0 Å². The smallest absolute Gasteiger partial charge is 0.251 e. The Hall–Kier alpha value is -0.710. The van der Waals surface area contributed by atoms with Crippen LogP contribution in [0.4, 0.5) is 13.2 Å². The molecule has 0 spiro atoms. The van der Waals surface area contributed by atoms with Crippen LogP contribution >= 0.6 is 11.8 Å². The van der Waals surface area contributed by atoms with Gasteiger partial charge in [-0.15, -0.1) is 11.8 Å². The molecule has 0 amide bonds. The SMILES string of the molecule is CSc1cccnc1C(F)(F)F. The van der Waals surface area contributed by atoms with E-state index in [4.69, 9.17) is 0 Å². The van der Waals surface area contributed by atoms with Crippen LogP contribution in [0.15, 0.2) is 23.2 Å². The summed E-state index contributed by atoms with van der Waals surface area (Å²) >= 11 is 1.04. The second-order valence-electron chi connectivity index (χ2n) is 2.05. The van der Waals surface area contributed by atoms with E-state index in [1.54, 1.807) is 6.26 Å². The average molecular weight is 193 g/mol. The molecule has 0 saturated carbocycles. The Labute approximate surface area is 72.0 Å². The van der Waals surface area contributed by atoms with Crippen LogP contribution in [0, 0.1) is 0 Å². The summed E-state index contributed by atoms with van der Waals surface area (Å²) in [5.41, 5.74) is -0.808. The molecule has 1 nitrogen and oxygen atoms in total. The van der Waals surface area contributed by atoms with E-state index in [-0.39, 0.29) is 4.90 Å². The Morgan fingerprint density at radius 1 is 1.42 bits per heavy atom. The Morgan fingerprint density at radius 3 is 2.50 bits per heavy atom. The van der Waals surface area contributed by atoms with Gasteiger partial charge < -0.3 is 0 Å². The van der Waals surface area contributed by atoms with E-state index in [1.807, 2.05) is 0 Å². The predicted molar refractivity (Wildman–Crippen MR) is 41.0 cm³/mol. The Morgan fingerprint density at radius 2 is 2.08 bits per heavy atom. The first-order chi connectivity index (χ1) is 5.55. The van der Waals surface area contributed by atoms with Gasteiger partial charge in [-0.2, -0.15) is 13.2 Å². The molecule has 0 aliphatic rings. The Balaban J connectivity index is 3.14. The molecule has 1 heterocycles.